The standard InChI is InChI=1S/C14H17N3O5/c1-7(12(15)19)17-6-9-5-16(8(2)18)4-3-10(9)11(13(17)20)14(21)22/h6-7H,3-5H2,1-2H3,(H2,15,19)(H,21,22)/t7-/m0/s1. The molecule has 1 aliphatic heterocycles. The van der Waals surface area contributed by atoms with Gasteiger partial charge in [0.05, 0.1) is 0 Å². The maximum atomic E-state index is 12.3. The summed E-state index contributed by atoms with van der Waals surface area (Å²) in [6.07, 6.45) is 1.71. The Morgan fingerprint density at radius 2 is 2.00 bits per heavy atom. The first-order chi connectivity index (χ1) is 10.2. The van der Waals surface area contributed by atoms with Gasteiger partial charge in [0.15, 0.2) is 0 Å². The molecule has 2 rings (SSSR count). The van der Waals surface area contributed by atoms with E-state index in [9.17, 15) is 24.3 Å². The van der Waals surface area contributed by atoms with E-state index in [0.29, 0.717) is 17.7 Å². The van der Waals surface area contributed by atoms with Crippen LogP contribution in [0.5, 0.6) is 0 Å². The van der Waals surface area contributed by atoms with Gasteiger partial charge in [-0.2, -0.15) is 0 Å². The minimum atomic E-state index is -1.34. The lowest BCUT2D eigenvalue weighted by molar-refractivity contribution is -0.129. The van der Waals surface area contributed by atoms with E-state index in [2.05, 4.69) is 0 Å². The normalized spacial score (nSPS) is 15.1. The Labute approximate surface area is 126 Å². The van der Waals surface area contributed by atoms with Crippen LogP contribution in [0.25, 0.3) is 0 Å². The summed E-state index contributed by atoms with van der Waals surface area (Å²) < 4.78 is 1.02. The van der Waals surface area contributed by atoms with Crippen LogP contribution in [0.4, 0.5) is 0 Å². The van der Waals surface area contributed by atoms with Gasteiger partial charge in [-0.25, -0.2) is 4.79 Å². The zero-order valence-electron chi connectivity index (χ0n) is 12.3. The number of carbonyl (C=O) groups is 3. The van der Waals surface area contributed by atoms with Crippen molar-refractivity contribution in [2.45, 2.75) is 32.9 Å². The fourth-order valence-electron chi connectivity index (χ4n) is 2.59. The lowest BCUT2D eigenvalue weighted by Crippen LogP contribution is -2.40. The number of aromatic nitrogens is 1. The van der Waals surface area contributed by atoms with Crippen molar-refractivity contribution in [3.8, 4) is 0 Å². The lowest BCUT2D eigenvalue weighted by Gasteiger charge is -2.29. The first-order valence-electron chi connectivity index (χ1n) is 6.79. The number of amides is 2. The van der Waals surface area contributed by atoms with Crippen molar-refractivity contribution in [3.05, 3.63) is 33.2 Å². The van der Waals surface area contributed by atoms with Crippen LogP contribution in [0.3, 0.4) is 0 Å². The zero-order chi connectivity index (χ0) is 16.6. The third-order valence-corrected chi connectivity index (χ3v) is 3.91. The molecule has 0 saturated carbocycles. The largest absolute Gasteiger partial charge is 0.477 e. The number of carbonyl (C=O) groups excluding carboxylic acids is 2. The second-order valence-electron chi connectivity index (χ2n) is 5.29. The van der Waals surface area contributed by atoms with E-state index in [1.54, 1.807) is 4.90 Å². The molecular formula is C14H17N3O5. The molecule has 0 radical (unpaired) electrons. The van der Waals surface area contributed by atoms with Gasteiger partial charge >= 0.3 is 5.97 Å². The highest BCUT2D eigenvalue weighted by molar-refractivity contribution is 5.90. The summed E-state index contributed by atoms with van der Waals surface area (Å²) >= 11 is 0. The van der Waals surface area contributed by atoms with Gasteiger partial charge in [0.2, 0.25) is 11.8 Å². The molecule has 0 spiro atoms. The third kappa shape index (κ3) is 2.59. The van der Waals surface area contributed by atoms with Crippen molar-refractivity contribution >= 4 is 17.8 Å². The average molecular weight is 307 g/mol. The van der Waals surface area contributed by atoms with E-state index in [1.807, 2.05) is 0 Å². The lowest BCUT2D eigenvalue weighted by atomic mass is 9.96. The number of carboxylic acids is 1. The van der Waals surface area contributed by atoms with E-state index in [4.69, 9.17) is 5.73 Å². The first kappa shape index (κ1) is 15.7. The highest BCUT2D eigenvalue weighted by Crippen LogP contribution is 2.22. The Hall–Kier alpha value is -2.64. The van der Waals surface area contributed by atoms with Crippen LogP contribution in [-0.4, -0.2) is 38.9 Å². The SMILES string of the molecule is CC(=O)N1CCc2c(cn([C@@H](C)C(N)=O)c(=O)c2C(=O)O)C1. The van der Waals surface area contributed by atoms with Gasteiger partial charge in [-0.1, -0.05) is 0 Å². The number of primary amides is 1. The molecule has 0 aromatic carbocycles. The molecule has 0 unspecified atom stereocenters. The number of pyridine rings is 1. The molecule has 3 N–H and O–H groups in total. The molecular weight excluding hydrogens is 290 g/mol. The van der Waals surface area contributed by atoms with Crippen molar-refractivity contribution in [3.63, 3.8) is 0 Å². The molecule has 1 atom stereocenters. The van der Waals surface area contributed by atoms with E-state index in [0.717, 1.165) is 4.57 Å². The number of carboxylic acid groups (broad SMARTS) is 1. The molecule has 0 fully saturated rings. The molecule has 1 aromatic rings. The number of hydrogen-bond donors (Lipinski definition) is 2. The van der Waals surface area contributed by atoms with Gasteiger partial charge in [-0.3, -0.25) is 14.4 Å². The van der Waals surface area contributed by atoms with Gasteiger partial charge in [-0.15, -0.1) is 0 Å². The second-order valence-corrected chi connectivity index (χ2v) is 5.29. The molecule has 0 bridgehead atoms. The van der Waals surface area contributed by atoms with E-state index >= 15 is 0 Å². The van der Waals surface area contributed by atoms with Crippen LogP contribution >= 0.6 is 0 Å². The number of nitrogens with two attached hydrogens (primary N) is 1. The van der Waals surface area contributed by atoms with Crippen LogP contribution in [-0.2, 0) is 22.6 Å². The van der Waals surface area contributed by atoms with Gasteiger partial charge in [0.1, 0.15) is 11.6 Å². The Bertz CT molecular complexity index is 722. The van der Waals surface area contributed by atoms with Gasteiger partial charge < -0.3 is 20.3 Å². The summed E-state index contributed by atoms with van der Waals surface area (Å²) in [7, 11) is 0. The molecule has 22 heavy (non-hydrogen) atoms. The van der Waals surface area contributed by atoms with Crippen LogP contribution in [0.1, 0.15) is 41.4 Å². The molecule has 0 saturated heterocycles. The van der Waals surface area contributed by atoms with Crippen LogP contribution in [0.2, 0.25) is 0 Å². The number of rotatable bonds is 3. The van der Waals surface area contributed by atoms with Crippen molar-refractivity contribution in [2.75, 3.05) is 6.54 Å². The summed E-state index contributed by atoms with van der Waals surface area (Å²) in [5.41, 5.74) is 5.06. The minimum absolute atomic E-state index is 0.136. The fraction of sp³-hybridized carbons (Fsp3) is 0.429. The number of aromatic carboxylic acids is 1. The molecule has 2 amide bonds. The summed E-state index contributed by atoms with van der Waals surface area (Å²) in [6, 6.07) is -0.969. The molecule has 1 aliphatic rings. The van der Waals surface area contributed by atoms with Gasteiger partial charge in [-0.05, 0) is 24.5 Å². The highest BCUT2D eigenvalue weighted by Gasteiger charge is 2.28. The van der Waals surface area contributed by atoms with Crippen LogP contribution in [0.15, 0.2) is 11.0 Å². The summed E-state index contributed by atoms with van der Waals surface area (Å²) in [4.78, 5) is 48.1. The molecule has 8 heteroatoms. The zero-order valence-corrected chi connectivity index (χ0v) is 12.3. The van der Waals surface area contributed by atoms with Gasteiger partial charge in [0, 0.05) is 26.2 Å². The van der Waals surface area contributed by atoms with Crippen molar-refractivity contribution in [2.24, 2.45) is 5.73 Å². The minimum Gasteiger partial charge on any atom is -0.477 e. The number of hydrogen-bond acceptors (Lipinski definition) is 4. The molecule has 2 heterocycles. The maximum absolute atomic E-state index is 12.3. The van der Waals surface area contributed by atoms with E-state index in [1.165, 1.54) is 20.0 Å². The molecule has 8 nitrogen and oxygen atoms in total. The summed E-state index contributed by atoms with van der Waals surface area (Å²) in [5, 5.41) is 9.33. The predicted octanol–water partition coefficient (Wildman–Crippen LogP) is -0.503. The van der Waals surface area contributed by atoms with E-state index in [-0.39, 0.29) is 24.4 Å². The Morgan fingerprint density at radius 3 is 2.50 bits per heavy atom. The van der Waals surface area contributed by atoms with Crippen LogP contribution in [0, 0.1) is 0 Å². The van der Waals surface area contributed by atoms with Crippen molar-refractivity contribution in [1.82, 2.24) is 9.47 Å². The summed E-state index contributed by atoms with van der Waals surface area (Å²) in [6.45, 7) is 3.41. The van der Waals surface area contributed by atoms with Gasteiger partial charge in [0.25, 0.3) is 5.56 Å². The highest BCUT2D eigenvalue weighted by atomic mass is 16.4. The molecule has 118 valence electrons. The third-order valence-electron chi connectivity index (χ3n) is 3.91. The molecule has 1 aromatic heterocycles. The Kier molecular flexibility index (Phi) is 4.03. The summed E-state index contributed by atoms with van der Waals surface area (Å²) in [5.74, 6) is -2.22. The number of nitrogens with zero attached hydrogens (tertiary/aromatic N) is 2. The number of fused-ring (bicyclic) bond motifs is 1. The van der Waals surface area contributed by atoms with Crippen molar-refractivity contribution in [1.29, 1.82) is 0 Å². The maximum Gasteiger partial charge on any atom is 0.341 e. The second kappa shape index (κ2) is 5.63. The smallest absolute Gasteiger partial charge is 0.341 e. The average Bonchev–Trinajstić information content (AvgIpc) is 2.44. The monoisotopic (exact) mass is 307 g/mol. The topological polar surface area (TPSA) is 123 Å². The first-order valence-corrected chi connectivity index (χ1v) is 6.79. The predicted molar refractivity (Wildman–Crippen MR) is 76.4 cm³/mol. The fourth-order valence-corrected chi connectivity index (χ4v) is 2.59. The van der Waals surface area contributed by atoms with Crippen LogP contribution < -0.4 is 11.3 Å². The van der Waals surface area contributed by atoms with E-state index < -0.39 is 23.5 Å². The Morgan fingerprint density at radius 1 is 1.36 bits per heavy atom. The van der Waals surface area contributed by atoms with Crippen molar-refractivity contribution < 1.29 is 19.5 Å². The Balaban J connectivity index is 2.66. The quantitative estimate of drug-likeness (QED) is 0.779. The molecule has 0 aliphatic carbocycles.